The summed E-state index contributed by atoms with van der Waals surface area (Å²) in [6.45, 7) is 15.7. The van der Waals surface area contributed by atoms with E-state index in [-0.39, 0.29) is 109 Å². The van der Waals surface area contributed by atoms with Crippen LogP contribution in [0.25, 0.3) is 0 Å². The number of hydrogen-bond donors (Lipinski definition) is 6. The van der Waals surface area contributed by atoms with Crippen molar-refractivity contribution in [3.8, 4) is 6.07 Å². The zero-order chi connectivity index (χ0) is 82.0. The van der Waals surface area contributed by atoms with Gasteiger partial charge < -0.3 is 67.2 Å². The van der Waals surface area contributed by atoms with Gasteiger partial charge in [-0.15, -0.1) is 10.2 Å². The van der Waals surface area contributed by atoms with E-state index in [1.807, 2.05) is 40.3 Å². The topological polar surface area (TPSA) is 396 Å². The van der Waals surface area contributed by atoms with Gasteiger partial charge in [-0.1, -0.05) is 54.8 Å². The van der Waals surface area contributed by atoms with Crippen LogP contribution in [0.4, 0.5) is 23.2 Å². The monoisotopic (exact) mass is 1600 g/mol. The van der Waals surface area contributed by atoms with Crippen molar-refractivity contribution in [1.29, 1.82) is 5.26 Å². The summed E-state index contributed by atoms with van der Waals surface area (Å²) < 4.78 is 84.8. The minimum atomic E-state index is -3.70. The lowest BCUT2D eigenvalue weighted by molar-refractivity contribution is -0.385. The first kappa shape index (κ1) is 87.3. The van der Waals surface area contributed by atoms with Gasteiger partial charge in [0, 0.05) is 94.4 Å². The molecule has 4 bridgehead atoms. The zero-order valence-electron chi connectivity index (χ0n) is 66.0. The van der Waals surface area contributed by atoms with E-state index in [9.17, 15) is 75.2 Å². The first-order chi connectivity index (χ1) is 53.5. The summed E-state index contributed by atoms with van der Waals surface area (Å²) in [5.74, 6) is -1.06. The van der Waals surface area contributed by atoms with Crippen molar-refractivity contribution < 1.29 is 69.5 Å². The van der Waals surface area contributed by atoms with Gasteiger partial charge in [-0.3, -0.25) is 38.9 Å². The Balaban J connectivity index is 0.000000152. The first-order valence-electron chi connectivity index (χ1n) is 40.2. The standard InChI is InChI=1S/C19H27N3O5.C18H27FN2O3S.C18H25N3O2.C16H18F3N5O.C10H18N2O/c20-17(19(24)21-11-4-5-12-21)9-2-1-3-10-18(23)27-14-15-7-6-8-16(13-15)22(25)26;1-12-5-7-14(8-6-12)11-25(23,24)18(3,4)16(20)17(22)21-10-15(19)9-13(21)2;19-8-13-2-12-3-14(12)21(13)16(22)15(20)17-4-10-1-11(5-17)7-18(23,6-10)9-17;1-9-21-22-15-8-23(2-3-24(9)15)16(25)6-11(20)4-10-5-13(18)14(19)7-12(10)17;1-8-4-3-7-12(8)10(13)9-5-2-6-11-9/h6-8,13,17H,1-5,9-12,14,20H2;5-8,13,15-16H,9-11,20H2,1-4H3;10-15,23H,1-7,9,20H2;5,7,11H,2-4,6,8,20H2,1H3;8-9,11H,2-7H2,1H3/t17-;13-,15+,16-;10?,11?,12-,13+,14+,15-,17?,18?;11-;8-,9+/m01111/s1. The number of rotatable bonds is 22. The molecule has 0 spiro atoms. The molecule has 6 aliphatic heterocycles. The highest BCUT2D eigenvalue weighted by Gasteiger charge is 2.63. The highest BCUT2D eigenvalue weighted by atomic mass is 32.2. The van der Waals surface area contributed by atoms with Crippen molar-refractivity contribution in [1.82, 2.24) is 44.6 Å². The summed E-state index contributed by atoms with van der Waals surface area (Å²) >= 11 is 0. The van der Waals surface area contributed by atoms with Gasteiger partial charge >= 0.3 is 5.97 Å². The second kappa shape index (κ2) is 37.7. The highest BCUT2D eigenvalue weighted by molar-refractivity contribution is 7.92. The molecule has 5 saturated heterocycles. The number of aliphatic hydroxyl groups is 1. The average molecular weight is 1600 g/mol. The highest BCUT2D eigenvalue weighted by Crippen LogP contribution is 2.63. The second-order valence-electron chi connectivity index (χ2n) is 33.9. The van der Waals surface area contributed by atoms with Crippen molar-refractivity contribution in [2.24, 2.45) is 46.1 Å². The predicted octanol–water partition coefficient (Wildman–Crippen LogP) is 7.73. The Morgan fingerprint density at radius 3 is 2.12 bits per heavy atom. The van der Waals surface area contributed by atoms with Gasteiger partial charge in [0.1, 0.15) is 36.5 Å². The van der Waals surface area contributed by atoms with E-state index in [1.54, 1.807) is 41.0 Å². The minimum absolute atomic E-state index is 0.0212. The Morgan fingerprint density at radius 2 is 1.49 bits per heavy atom. The number of hydrogen-bond acceptors (Lipinski definition) is 20. The number of nitrogens with two attached hydrogens (primary N) is 4. The van der Waals surface area contributed by atoms with Gasteiger partial charge in [0.25, 0.3) is 5.69 Å². The third-order valence-electron chi connectivity index (χ3n) is 24.8. The number of unbranched alkanes of at least 4 members (excludes halogenated alkanes) is 2. The molecule has 4 aromatic rings. The summed E-state index contributed by atoms with van der Waals surface area (Å²) in [6.07, 6.45) is 16.4. The number of piperidine rings is 1. The van der Waals surface area contributed by atoms with Gasteiger partial charge in [0.2, 0.25) is 29.5 Å². The minimum Gasteiger partial charge on any atom is -0.461 e. The lowest BCUT2D eigenvalue weighted by Gasteiger charge is -2.61. The molecule has 0 radical (unpaired) electrons. The fourth-order valence-electron chi connectivity index (χ4n) is 18.4. The van der Waals surface area contributed by atoms with Crippen molar-refractivity contribution in [2.45, 2.75) is 279 Å². The number of alkyl halides is 1. The SMILES string of the molecule is C[C@@H]1CCCN1C(=O)[C@@H]1CCCN1.Cc1ccc(CS(=O)(=O)C(C)(C)[C@H](N)C(=O)N2C[C@@H](F)C[C@H]2C)cc1.Cc1nnc2n1CCN(C(=O)C[C@H](N)Cc1cc(F)c(F)cc1F)C2.N#C[C@@H]1C[C@@H]2C[C@@H]2N1C(=O)[C@@H](N)C12CC3CC(CC(O)(C3)C1)C2.N[C@@H](CCCCCC(=O)OCc1cccc([N+](=O)[O-])c1)C(=O)N1CCCC1. The summed E-state index contributed by atoms with van der Waals surface area (Å²) in [4.78, 5) is 92.9. The largest absolute Gasteiger partial charge is 0.461 e. The molecule has 7 heterocycles. The van der Waals surface area contributed by atoms with E-state index in [0.29, 0.717) is 91.6 Å². The van der Waals surface area contributed by atoms with Crippen LogP contribution in [0.5, 0.6) is 0 Å². The molecule has 5 aliphatic carbocycles. The summed E-state index contributed by atoms with van der Waals surface area (Å²) in [6, 6.07) is 14.1. The number of nitrogens with one attached hydrogen (secondary N) is 1. The first-order valence-corrected chi connectivity index (χ1v) is 41.8. The lowest BCUT2D eigenvalue weighted by atomic mass is 9.46. The number of sulfone groups is 1. The number of aromatic nitrogens is 3. The molecule has 5 saturated carbocycles. The average Bonchev–Trinajstić information content (AvgIpc) is 1.57. The van der Waals surface area contributed by atoms with E-state index in [2.05, 4.69) is 28.5 Å². The second-order valence-corrected chi connectivity index (χ2v) is 36.4. The number of likely N-dealkylation sites (tertiary alicyclic amines) is 4. The summed E-state index contributed by atoms with van der Waals surface area (Å²) in [7, 11) is -3.70. The molecule has 5 amide bonds. The maximum Gasteiger partial charge on any atom is 0.306 e. The number of fused-ring (bicyclic) bond motifs is 2. The van der Waals surface area contributed by atoms with Gasteiger partial charge in [0.15, 0.2) is 27.3 Å². The van der Waals surface area contributed by atoms with E-state index in [4.69, 9.17) is 27.7 Å². The number of carbonyl (C=O) groups excluding carboxylic acids is 6. The molecule has 11 aliphatic rings. The fourth-order valence-corrected chi connectivity index (χ4v) is 19.9. The van der Waals surface area contributed by atoms with Crippen LogP contribution in [0.15, 0.2) is 60.7 Å². The molecular formula is C81H115F4N15O12S. The van der Waals surface area contributed by atoms with Crippen LogP contribution < -0.4 is 28.3 Å². The zero-order valence-corrected chi connectivity index (χ0v) is 66.9. The molecule has 620 valence electrons. The van der Waals surface area contributed by atoms with Crippen molar-refractivity contribution in [3.05, 3.63) is 122 Å². The van der Waals surface area contributed by atoms with Crippen LogP contribution in [-0.4, -0.2) is 203 Å². The number of benzene rings is 3. The van der Waals surface area contributed by atoms with Crippen molar-refractivity contribution >= 4 is 51.0 Å². The molecular weight excluding hydrogens is 1480 g/mol. The van der Waals surface area contributed by atoms with Gasteiger partial charge in [-0.25, -0.2) is 26.0 Å². The molecule has 10 N–H and O–H groups in total. The summed E-state index contributed by atoms with van der Waals surface area (Å²) in [5.41, 5.74) is 25.8. The smallest absolute Gasteiger partial charge is 0.306 e. The molecule has 13 atom stereocenters. The molecule has 1 aromatic heterocycles. The number of halogens is 4. The quantitative estimate of drug-likeness (QED) is 0.0109. The van der Waals surface area contributed by atoms with Gasteiger partial charge in [-0.05, 0) is 203 Å². The molecule has 15 rings (SSSR count). The number of nitriles is 1. The maximum absolute atomic E-state index is 13.7. The van der Waals surface area contributed by atoms with Crippen LogP contribution in [0, 0.1) is 75.9 Å². The van der Waals surface area contributed by atoms with Crippen LogP contribution in [0.1, 0.15) is 196 Å². The Hall–Kier alpha value is -8.06. The number of esters is 1. The van der Waals surface area contributed by atoms with Crippen LogP contribution in [-0.2, 0) is 75.2 Å². The Morgan fingerprint density at radius 1 is 0.788 bits per heavy atom. The van der Waals surface area contributed by atoms with Crippen molar-refractivity contribution in [2.75, 3.05) is 39.3 Å². The summed E-state index contributed by atoms with van der Waals surface area (Å²) in [5, 5.41) is 42.2. The third-order valence-corrected chi connectivity index (χ3v) is 27.3. The molecule has 2 unspecified atom stereocenters. The number of amides is 5. The number of nitro benzene ring substituents is 1. The van der Waals surface area contributed by atoms with Crippen LogP contribution >= 0.6 is 0 Å². The van der Waals surface area contributed by atoms with Crippen molar-refractivity contribution in [3.63, 3.8) is 0 Å². The fraction of sp³-hybridized carbons (Fsp3) is 0.667. The third kappa shape index (κ3) is 21.7. The Bertz CT molecular complexity index is 4180. The maximum atomic E-state index is 13.7. The molecule has 27 nitrogen and oxygen atoms in total. The number of nitrogens with zero attached hydrogens (tertiary/aromatic N) is 10. The van der Waals surface area contributed by atoms with Gasteiger partial charge in [0.05, 0.1) is 58.3 Å². The van der Waals surface area contributed by atoms with E-state index in [1.165, 1.54) is 50.1 Å². The number of aryl methyl sites for hydroxylation is 2. The van der Waals surface area contributed by atoms with Crippen LogP contribution in [0.3, 0.4) is 0 Å². The van der Waals surface area contributed by atoms with Crippen LogP contribution in [0.2, 0.25) is 0 Å². The number of nitro groups is 1. The normalized spacial score (nSPS) is 26.8. The van der Waals surface area contributed by atoms with E-state index in [0.717, 1.165) is 121 Å². The lowest BCUT2D eigenvalue weighted by Crippen LogP contribution is -2.64. The molecule has 10 fully saturated rings. The van der Waals surface area contributed by atoms with E-state index < -0.39 is 78.8 Å². The molecule has 113 heavy (non-hydrogen) atoms. The number of ether oxygens (including phenoxy) is 1. The molecule has 3 aromatic carbocycles. The Labute approximate surface area is 660 Å². The van der Waals surface area contributed by atoms with E-state index >= 15 is 0 Å². The number of carbonyl (C=O) groups is 6. The molecule has 32 heteroatoms. The number of non-ortho nitro benzene ring substituents is 1. The Kier molecular flexibility index (Phi) is 29.1. The van der Waals surface area contributed by atoms with Gasteiger partial charge in [-0.2, -0.15) is 5.26 Å². The predicted molar refractivity (Wildman–Crippen MR) is 413 cm³/mol.